The van der Waals surface area contributed by atoms with Crippen molar-refractivity contribution in [3.63, 3.8) is 0 Å². The third-order valence-electron chi connectivity index (χ3n) is 3.91. The quantitative estimate of drug-likeness (QED) is 0.714. The number of anilines is 1. The summed E-state index contributed by atoms with van der Waals surface area (Å²) < 4.78 is 11.5. The highest BCUT2D eigenvalue weighted by Gasteiger charge is 2.22. The van der Waals surface area contributed by atoms with Crippen molar-refractivity contribution in [2.24, 2.45) is 0 Å². The molecule has 0 atom stereocenters. The van der Waals surface area contributed by atoms with E-state index in [0.29, 0.717) is 21.0 Å². The third kappa shape index (κ3) is 4.61. The molecule has 1 aliphatic rings. The Bertz CT molecular complexity index is 794. The van der Waals surface area contributed by atoms with E-state index in [9.17, 15) is 4.79 Å². The summed E-state index contributed by atoms with van der Waals surface area (Å²) in [4.78, 5) is 12.3. The molecule has 1 amide bonds. The number of carbonyl (C=O) groups excluding carboxylic acids is 1. The fraction of sp³-hybridized carbons (Fsp3) is 0.316. The van der Waals surface area contributed by atoms with Crippen molar-refractivity contribution in [2.75, 3.05) is 30.5 Å². The lowest BCUT2D eigenvalue weighted by atomic mass is 10.2. The number of thioether (sulfide) groups is 2. The lowest BCUT2D eigenvalue weighted by Gasteiger charge is -2.16. The van der Waals surface area contributed by atoms with Gasteiger partial charge >= 0.3 is 0 Å². The number of benzene rings is 2. The maximum absolute atomic E-state index is 12.3. The average Bonchev–Trinajstić information content (AvgIpc) is 3.17. The number of nitrogens with one attached hydrogen (secondary N) is 1. The van der Waals surface area contributed by atoms with Gasteiger partial charge in [0.15, 0.2) is 6.61 Å². The van der Waals surface area contributed by atoms with Gasteiger partial charge in [-0.1, -0.05) is 29.8 Å². The summed E-state index contributed by atoms with van der Waals surface area (Å²) >= 11 is 9.92. The van der Waals surface area contributed by atoms with Crippen LogP contribution < -0.4 is 14.8 Å². The van der Waals surface area contributed by atoms with Crippen molar-refractivity contribution in [1.29, 1.82) is 0 Å². The van der Waals surface area contributed by atoms with E-state index >= 15 is 0 Å². The maximum atomic E-state index is 12.3. The van der Waals surface area contributed by atoms with E-state index in [-0.39, 0.29) is 12.5 Å². The SMILES string of the molecule is COc1cc(Cl)c(C)cc1NC(=O)COc1ccccc1C1SCCS1. The van der Waals surface area contributed by atoms with Crippen LogP contribution >= 0.6 is 35.1 Å². The molecule has 4 nitrogen and oxygen atoms in total. The van der Waals surface area contributed by atoms with Crippen molar-refractivity contribution < 1.29 is 14.3 Å². The molecule has 2 aromatic rings. The zero-order valence-corrected chi connectivity index (χ0v) is 17.0. The summed E-state index contributed by atoms with van der Waals surface area (Å²) in [5, 5.41) is 3.42. The van der Waals surface area contributed by atoms with Crippen molar-refractivity contribution in [3.8, 4) is 11.5 Å². The summed E-state index contributed by atoms with van der Waals surface area (Å²) in [5.74, 6) is 3.31. The second kappa shape index (κ2) is 8.93. The number of rotatable bonds is 6. The first-order valence-electron chi connectivity index (χ1n) is 8.17. The smallest absolute Gasteiger partial charge is 0.262 e. The van der Waals surface area contributed by atoms with Gasteiger partial charge < -0.3 is 14.8 Å². The number of hydrogen-bond acceptors (Lipinski definition) is 5. The van der Waals surface area contributed by atoms with Crippen LogP contribution in [0.15, 0.2) is 36.4 Å². The second-order valence-corrected chi connectivity index (χ2v) is 8.88. The van der Waals surface area contributed by atoms with Gasteiger partial charge in [0.1, 0.15) is 11.5 Å². The number of carbonyl (C=O) groups is 1. The Morgan fingerprint density at radius 3 is 2.69 bits per heavy atom. The number of halogens is 1. The highest BCUT2D eigenvalue weighted by molar-refractivity contribution is 8.19. The molecule has 1 aliphatic heterocycles. The van der Waals surface area contributed by atoms with E-state index in [1.165, 1.54) is 0 Å². The molecular formula is C19H20ClNO3S2. The molecular weight excluding hydrogens is 390 g/mol. The second-order valence-electron chi connectivity index (χ2n) is 5.75. The van der Waals surface area contributed by atoms with Crippen molar-refractivity contribution in [2.45, 2.75) is 11.5 Å². The molecule has 3 rings (SSSR count). The van der Waals surface area contributed by atoms with E-state index in [4.69, 9.17) is 21.1 Å². The number of methoxy groups -OCH3 is 1. The number of aryl methyl sites for hydroxylation is 1. The molecule has 26 heavy (non-hydrogen) atoms. The summed E-state index contributed by atoms with van der Waals surface area (Å²) in [6, 6.07) is 11.4. The Balaban J connectivity index is 1.66. The maximum Gasteiger partial charge on any atom is 0.262 e. The Labute approximate surface area is 167 Å². The van der Waals surface area contributed by atoms with Gasteiger partial charge in [-0.25, -0.2) is 0 Å². The van der Waals surface area contributed by atoms with E-state index in [0.717, 1.165) is 28.4 Å². The molecule has 7 heteroatoms. The van der Waals surface area contributed by atoms with Crippen molar-refractivity contribution >= 4 is 46.7 Å². The Morgan fingerprint density at radius 2 is 1.96 bits per heavy atom. The van der Waals surface area contributed by atoms with Gasteiger partial charge in [-0.15, -0.1) is 23.5 Å². The topological polar surface area (TPSA) is 47.6 Å². The fourth-order valence-electron chi connectivity index (χ4n) is 2.60. The van der Waals surface area contributed by atoms with Crippen LogP contribution in [0.2, 0.25) is 5.02 Å². The largest absolute Gasteiger partial charge is 0.495 e. The van der Waals surface area contributed by atoms with E-state index in [2.05, 4.69) is 11.4 Å². The predicted molar refractivity (Wildman–Crippen MR) is 111 cm³/mol. The molecule has 1 N–H and O–H groups in total. The Kier molecular flexibility index (Phi) is 6.62. The van der Waals surface area contributed by atoms with Gasteiger partial charge in [0.2, 0.25) is 0 Å². The Morgan fingerprint density at radius 1 is 1.23 bits per heavy atom. The summed E-state index contributed by atoms with van der Waals surface area (Å²) in [6.45, 7) is 1.81. The van der Waals surface area contributed by atoms with Crippen LogP contribution in [0.3, 0.4) is 0 Å². The first-order valence-corrected chi connectivity index (χ1v) is 10.6. The van der Waals surface area contributed by atoms with Gasteiger partial charge in [0, 0.05) is 28.2 Å². The standard InChI is InChI=1S/C19H20ClNO3S2/c1-12-9-15(17(23-2)10-14(12)20)21-18(22)11-24-16-6-4-3-5-13(16)19-25-7-8-26-19/h3-6,9-10,19H,7-8,11H2,1-2H3,(H,21,22). The molecule has 0 radical (unpaired) electrons. The van der Waals surface area contributed by atoms with Crippen LogP contribution in [-0.2, 0) is 4.79 Å². The van der Waals surface area contributed by atoms with Crippen molar-refractivity contribution in [3.05, 3.63) is 52.5 Å². The summed E-state index contributed by atoms with van der Waals surface area (Å²) in [7, 11) is 1.54. The summed E-state index contributed by atoms with van der Waals surface area (Å²) in [5.41, 5.74) is 2.58. The zero-order valence-electron chi connectivity index (χ0n) is 14.6. The molecule has 0 bridgehead atoms. The van der Waals surface area contributed by atoms with Crippen molar-refractivity contribution in [1.82, 2.24) is 0 Å². The predicted octanol–water partition coefficient (Wildman–Crippen LogP) is 5.15. The van der Waals surface area contributed by atoms with E-state index in [1.807, 2.05) is 48.6 Å². The molecule has 0 aliphatic carbocycles. The molecule has 0 saturated carbocycles. The normalized spacial score (nSPS) is 14.3. The molecule has 2 aromatic carbocycles. The van der Waals surface area contributed by atoms with Gasteiger partial charge in [0.05, 0.1) is 17.4 Å². The van der Waals surface area contributed by atoms with Crippen LogP contribution in [0.25, 0.3) is 0 Å². The highest BCUT2D eigenvalue weighted by atomic mass is 35.5. The molecule has 1 fully saturated rings. The van der Waals surface area contributed by atoms with Gasteiger partial charge in [-0.3, -0.25) is 4.79 Å². The minimum Gasteiger partial charge on any atom is -0.495 e. The average molecular weight is 410 g/mol. The van der Waals surface area contributed by atoms with Crippen LogP contribution in [0.4, 0.5) is 5.69 Å². The van der Waals surface area contributed by atoms with Crippen LogP contribution in [0, 0.1) is 6.92 Å². The lowest BCUT2D eigenvalue weighted by molar-refractivity contribution is -0.118. The van der Waals surface area contributed by atoms with Crippen LogP contribution in [-0.4, -0.2) is 31.1 Å². The molecule has 1 heterocycles. The van der Waals surface area contributed by atoms with Gasteiger partial charge in [-0.2, -0.15) is 0 Å². The monoisotopic (exact) mass is 409 g/mol. The fourth-order valence-corrected chi connectivity index (χ4v) is 5.67. The first-order chi connectivity index (χ1) is 12.6. The third-order valence-corrected chi connectivity index (χ3v) is 7.38. The van der Waals surface area contributed by atoms with E-state index in [1.54, 1.807) is 19.2 Å². The van der Waals surface area contributed by atoms with E-state index < -0.39 is 0 Å². The number of ether oxygens (including phenoxy) is 2. The van der Waals surface area contributed by atoms with Gasteiger partial charge in [-0.05, 0) is 24.6 Å². The molecule has 0 unspecified atom stereocenters. The van der Waals surface area contributed by atoms with Gasteiger partial charge in [0.25, 0.3) is 5.91 Å². The zero-order chi connectivity index (χ0) is 18.5. The number of amides is 1. The number of hydrogen-bond donors (Lipinski definition) is 1. The first kappa shape index (κ1) is 19.3. The van der Waals surface area contributed by atoms with Crippen LogP contribution in [0.5, 0.6) is 11.5 Å². The molecule has 138 valence electrons. The molecule has 0 spiro atoms. The minimum atomic E-state index is -0.244. The molecule has 0 aromatic heterocycles. The minimum absolute atomic E-state index is 0.0656. The number of para-hydroxylation sites is 1. The summed E-state index contributed by atoms with van der Waals surface area (Å²) in [6.07, 6.45) is 0. The highest BCUT2D eigenvalue weighted by Crippen LogP contribution is 2.48. The lowest BCUT2D eigenvalue weighted by Crippen LogP contribution is -2.21. The Hall–Kier alpha value is -1.50. The van der Waals surface area contributed by atoms with Crippen LogP contribution in [0.1, 0.15) is 15.7 Å². The molecule has 1 saturated heterocycles.